The van der Waals surface area contributed by atoms with E-state index in [1.54, 1.807) is 0 Å². The van der Waals surface area contributed by atoms with Gasteiger partial charge in [-0.05, 0) is 38.3 Å². The SMILES string of the molecule is CC1=CCN(Cc2ccc(CNC3CC3)o2)CC1. The number of furan rings is 1. The molecule has 0 radical (unpaired) electrons. The fourth-order valence-corrected chi connectivity index (χ4v) is 2.31. The van der Waals surface area contributed by atoms with Crippen LogP contribution in [-0.2, 0) is 13.1 Å². The minimum atomic E-state index is 0.744. The van der Waals surface area contributed by atoms with Gasteiger partial charge in [0.2, 0.25) is 0 Å². The molecule has 0 unspecified atom stereocenters. The van der Waals surface area contributed by atoms with Gasteiger partial charge in [0.15, 0.2) is 0 Å². The Morgan fingerprint density at radius 3 is 2.89 bits per heavy atom. The maximum Gasteiger partial charge on any atom is 0.118 e. The Bertz CT molecular complexity index is 431. The van der Waals surface area contributed by atoms with Gasteiger partial charge in [0.1, 0.15) is 11.5 Å². The number of nitrogens with one attached hydrogen (secondary N) is 1. The second-order valence-electron chi connectivity index (χ2n) is 5.56. The summed E-state index contributed by atoms with van der Waals surface area (Å²) >= 11 is 0. The van der Waals surface area contributed by atoms with Crippen molar-refractivity contribution in [2.75, 3.05) is 13.1 Å². The zero-order valence-electron chi connectivity index (χ0n) is 11.1. The molecule has 0 aromatic carbocycles. The van der Waals surface area contributed by atoms with Crippen LogP contribution in [0.5, 0.6) is 0 Å². The minimum absolute atomic E-state index is 0.744. The molecule has 2 aliphatic rings. The van der Waals surface area contributed by atoms with E-state index in [2.05, 4.69) is 35.3 Å². The van der Waals surface area contributed by atoms with Crippen LogP contribution in [0.3, 0.4) is 0 Å². The molecule has 0 spiro atoms. The Labute approximate surface area is 109 Å². The van der Waals surface area contributed by atoms with Crippen LogP contribution in [0, 0.1) is 0 Å². The number of hydrogen-bond acceptors (Lipinski definition) is 3. The Hall–Kier alpha value is -1.06. The molecule has 1 aromatic heterocycles. The Morgan fingerprint density at radius 1 is 1.33 bits per heavy atom. The average molecular weight is 246 g/mol. The summed E-state index contributed by atoms with van der Waals surface area (Å²) in [6.07, 6.45) is 6.17. The predicted molar refractivity (Wildman–Crippen MR) is 72.2 cm³/mol. The molecule has 3 heteroatoms. The first-order chi connectivity index (χ1) is 8.79. The predicted octanol–water partition coefficient (Wildman–Crippen LogP) is 2.68. The largest absolute Gasteiger partial charge is 0.463 e. The van der Waals surface area contributed by atoms with Crippen LogP contribution in [0.25, 0.3) is 0 Å². The first kappa shape index (κ1) is 12.0. The molecule has 0 bridgehead atoms. The lowest BCUT2D eigenvalue weighted by atomic mass is 10.1. The van der Waals surface area contributed by atoms with Crippen molar-refractivity contribution in [1.29, 1.82) is 0 Å². The summed E-state index contributed by atoms with van der Waals surface area (Å²) in [5, 5.41) is 3.48. The highest BCUT2D eigenvalue weighted by Crippen LogP contribution is 2.20. The van der Waals surface area contributed by atoms with Gasteiger partial charge in [0.25, 0.3) is 0 Å². The van der Waals surface area contributed by atoms with Crippen molar-refractivity contribution in [2.45, 2.75) is 45.3 Å². The summed E-state index contributed by atoms with van der Waals surface area (Å²) in [7, 11) is 0. The molecule has 1 aliphatic heterocycles. The highest BCUT2D eigenvalue weighted by Gasteiger charge is 2.20. The monoisotopic (exact) mass is 246 g/mol. The van der Waals surface area contributed by atoms with Crippen molar-refractivity contribution in [2.24, 2.45) is 0 Å². The minimum Gasteiger partial charge on any atom is -0.463 e. The number of hydrogen-bond donors (Lipinski definition) is 1. The third-order valence-electron chi connectivity index (χ3n) is 3.76. The maximum atomic E-state index is 5.87. The fraction of sp³-hybridized carbons (Fsp3) is 0.600. The third-order valence-corrected chi connectivity index (χ3v) is 3.76. The molecular weight excluding hydrogens is 224 g/mol. The highest BCUT2D eigenvalue weighted by atomic mass is 16.3. The van der Waals surface area contributed by atoms with Gasteiger partial charge in [0.05, 0.1) is 13.1 Å². The van der Waals surface area contributed by atoms with Crippen molar-refractivity contribution in [3.63, 3.8) is 0 Å². The van der Waals surface area contributed by atoms with Gasteiger partial charge in [-0.1, -0.05) is 11.6 Å². The Balaban J connectivity index is 1.49. The van der Waals surface area contributed by atoms with Crippen molar-refractivity contribution >= 4 is 0 Å². The lowest BCUT2D eigenvalue weighted by molar-refractivity contribution is 0.257. The van der Waals surface area contributed by atoms with E-state index in [9.17, 15) is 0 Å². The molecule has 0 atom stereocenters. The van der Waals surface area contributed by atoms with E-state index in [4.69, 9.17) is 4.42 Å². The average Bonchev–Trinajstić information content (AvgIpc) is 3.10. The molecule has 1 saturated carbocycles. The first-order valence-corrected chi connectivity index (χ1v) is 6.98. The van der Waals surface area contributed by atoms with Crippen LogP contribution in [-0.4, -0.2) is 24.0 Å². The number of rotatable bonds is 5. The van der Waals surface area contributed by atoms with Gasteiger partial charge in [-0.3, -0.25) is 4.90 Å². The maximum absolute atomic E-state index is 5.87. The van der Waals surface area contributed by atoms with Gasteiger partial charge in [-0.15, -0.1) is 0 Å². The van der Waals surface area contributed by atoms with Crippen LogP contribution in [0.15, 0.2) is 28.2 Å². The van der Waals surface area contributed by atoms with Gasteiger partial charge in [0, 0.05) is 19.1 Å². The van der Waals surface area contributed by atoms with Gasteiger partial charge in [-0.2, -0.15) is 0 Å². The summed E-state index contributed by atoms with van der Waals surface area (Å²) < 4.78 is 5.87. The molecule has 98 valence electrons. The second kappa shape index (κ2) is 5.29. The van der Waals surface area contributed by atoms with Crippen molar-refractivity contribution < 1.29 is 4.42 Å². The normalized spacial score (nSPS) is 21.1. The fourth-order valence-electron chi connectivity index (χ4n) is 2.31. The van der Waals surface area contributed by atoms with Crippen LogP contribution in [0.4, 0.5) is 0 Å². The van der Waals surface area contributed by atoms with Crippen molar-refractivity contribution in [1.82, 2.24) is 10.2 Å². The quantitative estimate of drug-likeness (QED) is 0.810. The Morgan fingerprint density at radius 2 is 2.17 bits per heavy atom. The standard InChI is InChI=1S/C15H22N2O/c1-12-6-8-17(9-7-12)11-15-5-4-14(18-15)10-16-13-2-3-13/h4-6,13,16H,2-3,7-11H2,1H3. The van der Waals surface area contributed by atoms with E-state index >= 15 is 0 Å². The van der Waals surface area contributed by atoms with E-state index in [1.807, 2.05) is 0 Å². The van der Waals surface area contributed by atoms with Gasteiger partial charge < -0.3 is 9.73 Å². The van der Waals surface area contributed by atoms with Crippen molar-refractivity contribution in [3.05, 3.63) is 35.3 Å². The lowest BCUT2D eigenvalue weighted by Crippen LogP contribution is -2.27. The molecular formula is C15H22N2O. The van der Waals surface area contributed by atoms with Crippen molar-refractivity contribution in [3.8, 4) is 0 Å². The van der Waals surface area contributed by atoms with E-state index < -0.39 is 0 Å². The topological polar surface area (TPSA) is 28.4 Å². The zero-order valence-corrected chi connectivity index (χ0v) is 11.1. The molecule has 3 rings (SSSR count). The zero-order chi connectivity index (χ0) is 12.4. The molecule has 1 aliphatic carbocycles. The molecule has 3 nitrogen and oxygen atoms in total. The smallest absolute Gasteiger partial charge is 0.118 e. The van der Waals surface area contributed by atoms with Crippen LogP contribution >= 0.6 is 0 Å². The molecule has 2 heterocycles. The molecule has 1 N–H and O–H groups in total. The second-order valence-corrected chi connectivity index (χ2v) is 5.56. The molecule has 18 heavy (non-hydrogen) atoms. The van der Waals surface area contributed by atoms with E-state index in [1.165, 1.54) is 24.8 Å². The Kier molecular flexibility index (Phi) is 3.52. The molecule has 0 saturated heterocycles. The van der Waals surface area contributed by atoms with Crippen LogP contribution in [0.2, 0.25) is 0 Å². The van der Waals surface area contributed by atoms with E-state index in [-0.39, 0.29) is 0 Å². The summed E-state index contributed by atoms with van der Waals surface area (Å²) in [4.78, 5) is 2.43. The first-order valence-electron chi connectivity index (χ1n) is 6.98. The third kappa shape index (κ3) is 3.24. The van der Waals surface area contributed by atoms with Gasteiger partial charge in [-0.25, -0.2) is 0 Å². The number of nitrogens with zero attached hydrogens (tertiary/aromatic N) is 1. The summed E-state index contributed by atoms with van der Waals surface area (Å²) in [5.74, 6) is 2.16. The summed E-state index contributed by atoms with van der Waals surface area (Å²) in [5.41, 5.74) is 1.51. The summed E-state index contributed by atoms with van der Waals surface area (Å²) in [6.45, 7) is 6.24. The lowest BCUT2D eigenvalue weighted by Gasteiger charge is -2.23. The van der Waals surface area contributed by atoms with Crippen LogP contribution < -0.4 is 5.32 Å². The van der Waals surface area contributed by atoms with E-state index in [0.29, 0.717) is 0 Å². The summed E-state index contributed by atoms with van der Waals surface area (Å²) in [6, 6.07) is 4.97. The van der Waals surface area contributed by atoms with Crippen LogP contribution in [0.1, 0.15) is 37.7 Å². The van der Waals surface area contributed by atoms with Gasteiger partial charge >= 0.3 is 0 Å². The molecule has 1 aromatic rings. The molecule has 0 amide bonds. The molecule has 1 fully saturated rings. The van der Waals surface area contributed by atoms with E-state index in [0.717, 1.165) is 43.7 Å². The highest BCUT2D eigenvalue weighted by molar-refractivity contribution is 5.09.